The number of benzene rings is 2. The molecule has 1 amide bonds. The van der Waals surface area contributed by atoms with E-state index in [1.165, 1.54) is 0 Å². The Bertz CT molecular complexity index is 925. The molecule has 0 bridgehead atoms. The molecule has 0 aromatic heterocycles. The summed E-state index contributed by atoms with van der Waals surface area (Å²) in [6, 6.07) is 12.6. The molecule has 1 aliphatic heterocycles. The summed E-state index contributed by atoms with van der Waals surface area (Å²) in [5.74, 6) is 0.804. The number of Topliss-reactive ketones (excluding diaryl/α,β-unsaturated/α-hetero) is 1. The number of hydrogen-bond donors (Lipinski definition) is 1. The van der Waals surface area contributed by atoms with Crippen LogP contribution in [0.4, 0.5) is 4.79 Å². The lowest BCUT2D eigenvalue weighted by Gasteiger charge is -2.32. The molecule has 0 radical (unpaired) electrons. The fourth-order valence-corrected chi connectivity index (χ4v) is 4.21. The minimum absolute atomic E-state index is 0.0961. The summed E-state index contributed by atoms with van der Waals surface area (Å²) >= 11 is 3.38. The van der Waals surface area contributed by atoms with E-state index in [2.05, 4.69) is 21.2 Å². The Morgan fingerprint density at radius 1 is 1.17 bits per heavy atom. The number of ether oxygens (including phenoxy) is 3. The summed E-state index contributed by atoms with van der Waals surface area (Å²) in [6.07, 6.45) is 1.59. The second-order valence-corrected chi connectivity index (χ2v) is 8.19. The number of alkyl carbamates (subject to hydrolysis) is 1. The predicted octanol–water partition coefficient (Wildman–Crippen LogP) is 4.81. The third-order valence-electron chi connectivity index (χ3n) is 5.33. The summed E-state index contributed by atoms with van der Waals surface area (Å²) in [6.45, 7) is 0. The molecular formula is C22H22BrNO5. The number of carbonyl (C=O) groups is 2. The SMILES string of the molecule is COc1cccc([C@@H]2Oc3ccc(Br)cc3C(=O)C2OC(=O)NC2CCCC2)c1. The molecule has 1 saturated carbocycles. The topological polar surface area (TPSA) is 73.9 Å². The number of methoxy groups -OCH3 is 1. The van der Waals surface area contributed by atoms with Crippen LogP contribution in [0.1, 0.15) is 47.7 Å². The maximum atomic E-state index is 13.2. The van der Waals surface area contributed by atoms with Crippen molar-refractivity contribution >= 4 is 27.8 Å². The van der Waals surface area contributed by atoms with Gasteiger partial charge in [0.25, 0.3) is 0 Å². The monoisotopic (exact) mass is 459 g/mol. The summed E-state index contributed by atoms with van der Waals surface area (Å²) in [7, 11) is 1.57. The van der Waals surface area contributed by atoms with Crippen molar-refractivity contribution in [3.63, 3.8) is 0 Å². The number of hydrogen-bond acceptors (Lipinski definition) is 5. The third kappa shape index (κ3) is 4.24. The van der Waals surface area contributed by atoms with E-state index in [-0.39, 0.29) is 11.8 Å². The Labute approximate surface area is 177 Å². The van der Waals surface area contributed by atoms with Gasteiger partial charge in [-0.25, -0.2) is 4.79 Å². The molecule has 2 aromatic rings. The van der Waals surface area contributed by atoms with Crippen LogP contribution in [0, 0.1) is 0 Å². The minimum atomic E-state index is -1.09. The van der Waals surface area contributed by atoms with Gasteiger partial charge < -0.3 is 19.5 Å². The first kappa shape index (κ1) is 19.8. The standard InChI is InChI=1S/C22H22BrNO5/c1-27-16-8-4-5-13(11-16)20-21(29-22(26)24-15-6-2-3-7-15)19(25)17-12-14(23)9-10-18(17)28-20/h4-5,8-12,15,20-21H,2-3,6-7H2,1H3,(H,24,26)/t20-,21?/m0/s1. The fraction of sp³-hybridized carbons (Fsp3) is 0.364. The maximum Gasteiger partial charge on any atom is 0.408 e. The fourth-order valence-electron chi connectivity index (χ4n) is 3.85. The zero-order valence-electron chi connectivity index (χ0n) is 16.0. The van der Waals surface area contributed by atoms with Crippen LogP contribution in [0.2, 0.25) is 0 Å². The van der Waals surface area contributed by atoms with Crippen LogP contribution >= 0.6 is 15.9 Å². The van der Waals surface area contributed by atoms with Gasteiger partial charge in [-0.3, -0.25) is 4.79 Å². The molecule has 1 aliphatic carbocycles. The van der Waals surface area contributed by atoms with Crippen LogP contribution in [0.25, 0.3) is 0 Å². The average molecular weight is 460 g/mol. The van der Waals surface area contributed by atoms with Crippen LogP contribution in [-0.4, -0.2) is 31.1 Å². The highest BCUT2D eigenvalue weighted by molar-refractivity contribution is 9.10. The molecule has 152 valence electrons. The molecule has 4 rings (SSSR count). The predicted molar refractivity (Wildman–Crippen MR) is 110 cm³/mol. The number of rotatable bonds is 4. The summed E-state index contributed by atoms with van der Waals surface area (Å²) in [5, 5.41) is 2.87. The van der Waals surface area contributed by atoms with Crippen molar-refractivity contribution in [1.82, 2.24) is 5.32 Å². The van der Waals surface area contributed by atoms with E-state index < -0.39 is 18.3 Å². The van der Waals surface area contributed by atoms with Gasteiger partial charge in [-0.15, -0.1) is 0 Å². The molecule has 29 heavy (non-hydrogen) atoms. The van der Waals surface area contributed by atoms with Crippen molar-refractivity contribution in [2.24, 2.45) is 0 Å². The van der Waals surface area contributed by atoms with Gasteiger partial charge in [0.15, 0.2) is 6.10 Å². The Morgan fingerprint density at radius 3 is 2.72 bits per heavy atom. The van der Waals surface area contributed by atoms with Gasteiger partial charge in [0.1, 0.15) is 11.5 Å². The van der Waals surface area contributed by atoms with Crippen molar-refractivity contribution in [1.29, 1.82) is 0 Å². The second-order valence-electron chi connectivity index (χ2n) is 7.27. The number of halogens is 1. The van der Waals surface area contributed by atoms with E-state index in [9.17, 15) is 9.59 Å². The van der Waals surface area contributed by atoms with Crippen LogP contribution < -0.4 is 14.8 Å². The lowest BCUT2D eigenvalue weighted by atomic mass is 9.93. The first-order chi connectivity index (χ1) is 14.0. The lowest BCUT2D eigenvalue weighted by molar-refractivity contribution is 0.00823. The highest BCUT2D eigenvalue weighted by atomic mass is 79.9. The summed E-state index contributed by atoms with van der Waals surface area (Å²) in [4.78, 5) is 25.8. The quantitative estimate of drug-likeness (QED) is 0.709. The molecule has 6 nitrogen and oxygen atoms in total. The summed E-state index contributed by atoms with van der Waals surface area (Å²) in [5.41, 5.74) is 1.09. The van der Waals surface area contributed by atoms with Gasteiger partial charge in [-0.2, -0.15) is 0 Å². The van der Waals surface area contributed by atoms with Gasteiger partial charge >= 0.3 is 6.09 Å². The van der Waals surface area contributed by atoms with Gasteiger partial charge in [0.05, 0.1) is 12.7 Å². The number of amides is 1. The first-order valence-electron chi connectivity index (χ1n) is 9.66. The maximum absolute atomic E-state index is 13.2. The molecule has 1 N–H and O–H groups in total. The molecule has 2 aromatic carbocycles. The first-order valence-corrected chi connectivity index (χ1v) is 10.5. The molecule has 1 heterocycles. The Hall–Kier alpha value is -2.54. The molecular weight excluding hydrogens is 438 g/mol. The molecule has 7 heteroatoms. The van der Waals surface area contributed by atoms with Crippen molar-refractivity contribution in [3.8, 4) is 11.5 Å². The van der Waals surface area contributed by atoms with Crippen LogP contribution in [-0.2, 0) is 4.74 Å². The van der Waals surface area contributed by atoms with E-state index in [0.717, 1.165) is 30.2 Å². The van der Waals surface area contributed by atoms with E-state index >= 15 is 0 Å². The number of nitrogens with one attached hydrogen (secondary N) is 1. The number of ketones is 1. The summed E-state index contributed by atoms with van der Waals surface area (Å²) < 4.78 is 17.8. The second kappa shape index (κ2) is 8.45. The van der Waals surface area contributed by atoms with Crippen LogP contribution in [0.3, 0.4) is 0 Å². The number of carbonyl (C=O) groups excluding carboxylic acids is 2. The normalized spacial score (nSPS) is 21.2. The Balaban J connectivity index is 1.64. The Kier molecular flexibility index (Phi) is 5.76. The van der Waals surface area contributed by atoms with Crippen molar-refractivity contribution in [3.05, 3.63) is 58.1 Å². The van der Waals surface area contributed by atoms with Gasteiger partial charge in [-0.05, 0) is 43.2 Å². The molecule has 0 spiro atoms. The Morgan fingerprint density at radius 2 is 1.97 bits per heavy atom. The molecule has 1 unspecified atom stereocenters. The molecule has 2 atom stereocenters. The van der Waals surface area contributed by atoms with E-state index in [1.807, 2.05) is 24.3 Å². The zero-order chi connectivity index (χ0) is 20.4. The largest absolute Gasteiger partial charge is 0.497 e. The van der Waals surface area contributed by atoms with Crippen molar-refractivity contribution < 1.29 is 23.8 Å². The van der Waals surface area contributed by atoms with Crippen LogP contribution in [0.5, 0.6) is 11.5 Å². The molecule has 1 fully saturated rings. The van der Waals surface area contributed by atoms with Crippen LogP contribution in [0.15, 0.2) is 46.9 Å². The minimum Gasteiger partial charge on any atom is -0.497 e. The smallest absolute Gasteiger partial charge is 0.408 e. The molecule has 0 saturated heterocycles. The third-order valence-corrected chi connectivity index (χ3v) is 5.82. The number of fused-ring (bicyclic) bond motifs is 1. The van der Waals surface area contributed by atoms with E-state index in [1.54, 1.807) is 25.3 Å². The van der Waals surface area contributed by atoms with Crippen molar-refractivity contribution in [2.75, 3.05) is 7.11 Å². The lowest BCUT2D eigenvalue weighted by Crippen LogP contribution is -2.43. The molecule has 2 aliphatic rings. The van der Waals surface area contributed by atoms with Gasteiger partial charge in [-0.1, -0.05) is 40.9 Å². The highest BCUT2D eigenvalue weighted by Crippen LogP contribution is 2.38. The highest BCUT2D eigenvalue weighted by Gasteiger charge is 2.41. The van der Waals surface area contributed by atoms with Gasteiger partial charge in [0, 0.05) is 16.1 Å². The van der Waals surface area contributed by atoms with Crippen molar-refractivity contribution in [2.45, 2.75) is 43.9 Å². The van der Waals surface area contributed by atoms with E-state index in [0.29, 0.717) is 22.6 Å². The van der Waals surface area contributed by atoms with E-state index in [4.69, 9.17) is 14.2 Å². The average Bonchev–Trinajstić information content (AvgIpc) is 3.23. The van der Waals surface area contributed by atoms with Gasteiger partial charge in [0.2, 0.25) is 11.9 Å². The zero-order valence-corrected chi connectivity index (χ0v) is 17.6.